The molecule has 1 amide bonds. The van der Waals surface area contributed by atoms with Crippen molar-refractivity contribution in [3.8, 4) is 0 Å². The zero-order chi connectivity index (χ0) is 18.5. The van der Waals surface area contributed by atoms with Crippen LogP contribution < -0.4 is 10.6 Å². The topological polar surface area (TPSA) is 58.9 Å². The van der Waals surface area contributed by atoms with Crippen LogP contribution in [-0.4, -0.2) is 12.5 Å². The summed E-state index contributed by atoms with van der Waals surface area (Å²) in [5.74, 6) is 0.918. The minimum Gasteiger partial charge on any atom is -0.463 e. The smallest absolute Gasteiger partial charge is 0.275 e. The first-order valence-corrected chi connectivity index (χ1v) is 9.60. The molecule has 2 aromatic carbocycles. The summed E-state index contributed by atoms with van der Waals surface area (Å²) in [5, 5.41) is 5.27. The van der Waals surface area contributed by atoms with Crippen molar-refractivity contribution in [1.82, 2.24) is 5.32 Å². The normalized spacial score (nSPS) is 17.1. The maximum atomic E-state index is 12.7. The second-order valence-corrected chi connectivity index (χ2v) is 7.05. The molecule has 0 saturated carbocycles. The molecule has 0 fully saturated rings. The van der Waals surface area contributed by atoms with E-state index < -0.39 is 0 Å². The molecule has 0 saturated heterocycles. The number of nitrogens with two attached hydrogens (primary N) is 1. The molecule has 138 valence electrons. The van der Waals surface area contributed by atoms with E-state index in [0.717, 1.165) is 30.6 Å². The van der Waals surface area contributed by atoms with Gasteiger partial charge in [-0.25, -0.2) is 0 Å². The third-order valence-corrected chi connectivity index (χ3v) is 5.25. The molecule has 3 aromatic rings. The zero-order valence-corrected chi connectivity index (χ0v) is 15.3. The molecule has 4 rings (SSSR count). The van der Waals surface area contributed by atoms with E-state index in [0.29, 0.717) is 6.54 Å². The molecule has 4 heteroatoms. The zero-order valence-electron chi connectivity index (χ0n) is 15.3. The number of carbonyl (C=O) groups is 1. The Morgan fingerprint density at radius 3 is 2.70 bits per heavy atom. The van der Waals surface area contributed by atoms with E-state index in [-0.39, 0.29) is 18.0 Å². The van der Waals surface area contributed by atoms with E-state index in [1.165, 1.54) is 11.1 Å². The van der Waals surface area contributed by atoms with Gasteiger partial charge in [0.05, 0.1) is 12.3 Å². The Morgan fingerprint density at radius 1 is 1.07 bits per heavy atom. The van der Waals surface area contributed by atoms with Gasteiger partial charge in [-0.15, -0.1) is 0 Å². The molecule has 3 N–H and O–H groups in total. The molecule has 1 aliphatic rings. The van der Waals surface area contributed by atoms with Gasteiger partial charge in [0.25, 0.3) is 5.91 Å². The predicted octanol–water partition coefficient (Wildman–Crippen LogP) is 3.13. The molecule has 1 heterocycles. The van der Waals surface area contributed by atoms with Gasteiger partial charge < -0.3 is 15.1 Å². The average Bonchev–Trinajstić information content (AvgIpc) is 3.24. The van der Waals surface area contributed by atoms with Crippen LogP contribution in [0.3, 0.4) is 0 Å². The van der Waals surface area contributed by atoms with E-state index >= 15 is 0 Å². The number of amides is 1. The van der Waals surface area contributed by atoms with Crippen LogP contribution in [0.25, 0.3) is 0 Å². The van der Waals surface area contributed by atoms with Gasteiger partial charge in [0.2, 0.25) is 0 Å². The Hall–Kier alpha value is -2.85. The standard InChI is InChI=1S/C23H24N2O2/c26-22(25-20-13-6-11-17-8-4-5-12-19(17)20)16-24-23(21-14-7-15-27-21)18-9-2-1-3-10-18/h1-5,7-10,12,14-15,20,23-24H,6,11,13,16H2,(H,25,26)/p+1/t20-,23+/m0/s1. The fraction of sp³-hybridized carbons (Fsp3) is 0.261. The maximum Gasteiger partial charge on any atom is 0.275 e. The molecular formula is C23H25N2O2+. The van der Waals surface area contributed by atoms with Crippen LogP contribution in [0.1, 0.15) is 47.4 Å². The van der Waals surface area contributed by atoms with Crippen LogP contribution in [0.2, 0.25) is 0 Å². The number of fused-ring (bicyclic) bond motifs is 1. The van der Waals surface area contributed by atoms with Gasteiger partial charge in [-0.05, 0) is 42.5 Å². The minimum atomic E-state index is -0.0226. The predicted molar refractivity (Wildman–Crippen MR) is 104 cm³/mol. The van der Waals surface area contributed by atoms with Crippen molar-refractivity contribution in [1.29, 1.82) is 0 Å². The maximum absolute atomic E-state index is 12.7. The highest BCUT2D eigenvalue weighted by atomic mass is 16.3. The lowest BCUT2D eigenvalue weighted by Gasteiger charge is -2.26. The fourth-order valence-corrected chi connectivity index (χ4v) is 3.93. The summed E-state index contributed by atoms with van der Waals surface area (Å²) in [6.45, 7) is 0.360. The summed E-state index contributed by atoms with van der Waals surface area (Å²) in [4.78, 5) is 12.7. The van der Waals surface area contributed by atoms with Crippen molar-refractivity contribution in [3.05, 3.63) is 95.4 Å². The Morgan fingerprint density at radius 2 is 1.89 bits per heavy atom. The van der Waals surface area contributed by atoms with Crippen LogP contribution in [-0.2, 0) is 11.2 Å². The number of hydrogen-bond acceptors (Lipinski definition) is 2. The fourth-order valence-electron chi connectivity index (χ4n) is 3.93. The first-order chi connectivity index (χ1) is 13.3. The molecule has 27 heavy (non-hydrogen) atoms. The monoisotopic (exact) mass is 361 g/mol. The van der Waals surface area contributed by atoms with Crippen molar-refractivity contribution in [2.24, 2.45) is 0 Å². The number of carbonyl (C=O) groups excluding carboxylic acids is 1. The Bertz CT molecular complexity index is 874. The number of furan rings is 1. The molecule has 0 bridgehead atoms. The van der Waals surface area contributed by atoms with Crippen molar-refractivity contribution in [2.45, 2.75) is 31.3 Å². The molecule has 4 nitrogen and oxygen atoms in total. The Balaban J connectivity index is 1.42. The number of quaternary nitrogens is 1. The summed E-state index contributed by atoms with van der Waals surface area (Å²) in [5.41, 5.74) is 3.75. The molecule has 0 aliphatic heterocycles. The molecule has 0 unspecified atom stereocenters. The highest BCUT2D eigenvalue weighted by molar-refractivity contribution is 5.77. The molecular weight excluding hydrogens is 336 g/mol. The molecule has 1 aliphatic carbocycles. The van der Waals surface area contributed by atoms with Gasteiger partial charge in [-0.1, -0.05) is 54.6 Å². The van der Waals surface area contributed by atoms with Gasteiger partial charge in [-0.2, -0.15) is 0 Å². The van der Waals surface area contributed by atoms with E-state index in [4.69, 9.17) is 4.42 Å². The molecule has 0 radical (unpaired) electrons. The lowest BCUT2D eigenvalue weighted by molar-refractivity contribution is -0.678. The summed E-state index contributed by atoms with van der Waals surface area (Å²) in [7, 11) is 0. The Labute approximate surface area is 159 Å². The molecule has 1 aromatic heterocycles. The highest BCUT2D eigenvalue weighted by Crippen LogP contribution is 2.29. The Kier molecular flexibility index (Phi) is 5.35. The van der Waals surface area contributed by atoms with Gasteiger partial charge in [-0.3, -0.25) is 4.79 Å². The van der Waals surface area contributed by atoms with Gasteiger partial charge in [0.1, 0.15) is 0 Å². The summed E-state index contributed by atoms with van der Waals surface area (Å²) < 4.78 is 5.62. The first kappa shape index (κ1) is 17.6. The van der Waals surface area contributed by atoms with E-state index in [1.807, 2.05) is 35.6 Å². The van der Waals surface area contributed by atoms with E-state index in [9.17, 15) is 4.79 Å². The number of hydrogen-bond donors (Lipinski definition) is 2. The SMILES string of the molecule is O=C(C[NH2+][C@H](c1ccccc1)c1ccco1)N[C@H]1CCCc2ccccc21. The van der Waals surface area contributed by atoms with Crippen LogP contribution in [0.5, 0.6) is 0 Å². The number of nitrogens with one attached hydrogen (secondary N) is 1. The van der Waals surface area contributed by atoms with E-state index in [1.54, 1.807) is 6.26 Å². The lowest BCUT2D eigenvalue weighted by atomic mass is 9.88. The lowest BCUT2D eigenvalue weighted by Crippen LogP contribution is -2.87. The number of rotatable bonds is 6. The largest absolute Gasteiger partial charge is 0.463 e. The van der Waals surface area contributed by atoms with Gasteiger partial charge in [0, 0.05) is 5.56 Å². The van der Waals surface area contributed by atoms with Crippen molar-refractivity contribution in [2.75, 3.05) is 6.54 Å². The third kappa shape index (κ3) is 4.12. The summed E-state index contributed by atoms with van der Waals surface area (Å²) >= 11 is 0. The van der Waals surface area contributed by atoms with Gasteiger partial charge >= 0.3 is 0 Å². The van der Waals surface area contributed by atoms with Crippen LogP contribution in [0.4, 0.5) is 0 Å². The number of benzene rings is 2. The second kappa shape index (κ2) is 8.23. The molecule has 0 spiro atoms. The summed E-state index contributed by atoms with van der Waals surface area (Å²) in [6, 6.07) is 22.5. The van der Waals surface area contributed by atoms with Crippen LogP contribution in [0.15, 0.2) is 77.4 Å². The highest BCUT2D eigenvalue weighted by Gasteiger charge is 2.24. The number of aryl methyl sites for hydroxylation is 1. The minimum absolute atomic E-state index is 0.0226. The van der Waals surface area contributed by atoms with Crippen LogP contribution in [0, 0.1) is 0 Å². The quantitative estimate of drug-likeness (QED) is 0.709. The first-order valence-electron chi connectivity index (χ1n) is 9.60. The van der Waals surface area contributed by atoms with Crippen molar-refractivity contribution in [3.63, 3.8) is 0 Å². The average molecular weight is 361 g/mol. The van der Waals surface area contributed by atoms with Gasteiger partial charge in [0.15, 0.2) is 18.3 Å². The van der Waals surface area contributed by atoms with Crippen molar-refractivity contribution >= 4 is 5.91 Å². The van der Waals surface area contributed by atoms with E-state index in [2.05, 4.69) is 41.7 Å². The summed E-state index contributed by atoms with van der Waals surface area (Å²) in [6.07, 6.45) is 4.90. The molecule has 2 atom stereocenters. The third-order valence-electron chi connectivity index (χ3n) is 5.25. The van der Waals surface area contributed by atoms with Crippen LogP contribution >= 0.6 is 0 Å². The van der Waals surface area contributed by atoms with Crippen molar-refractivity contribution < 1.29 is 14.5 Å². The second-order valence-electron chi connectivity index (χ2n) is 7.05.